The van der Waals surface area contributed by atoms with Crippen LogP contribution in [0.15, 0.2) is 10.6 Å². The van der Waals surface area contributed by atoms with Crippen LogP contribution < -0.4 is 5.32 Å². The van der Waals surface area contributed by atoms with Crippen molar-refractivity contribution in [1.82, 2.24) is 10.5 Å². The Morgan fingerprint density at radius 3 is 2.65 bits per heavy atom. The first kappa shape index (κ1) is 14.6. The average Bonchev–Trinajstić information content (AvgIpc) is 3.04. The van der Waals surface area contributed by atoms with Crippen molar-refractivity contribution in [1.29, 1.82) is 0 Å². The standard InChI is InChI=1S/C14H20N2O4/c1-8(13(18)19-14(2,3)4)15-12(17)10-7-11(20-16-10)9-5-6-9/h7-9H,5-6H2,1-4H3,(H,15,17)/t8-/m0/s1. The fourth-order valence-electron chi connectivity index (χ4n) is 1.68. The number of rotatable bonds is 4. The Morgan fingerprint density at radius 1 is 1.45 bits per heavy atom. The maximum absolute atomic E-state index is 11.9. The van der Waals surface area contributed by atoms with Crippen LogP contribution in [0.5, 0.6) is 0 Å². The molecule has 1 N–H and O–H groups in total. The summed E-state index contributed by atoms with van der Waals surface area (Å²) in [5.41, 5.74) is -0.384. The topological polar surface area (TPSA) is 81.4 Å². The number of nitrogens with one attached hydrogen (secondary N) is 1. The number of carbonyl (C=O) groups is 2. The van der Waals surface area contributed by atoms with Crippen LogP contribution in [0, 0.1) is 0 Å². The zero-order valence-electron chi connectivity index (χ0n) is 12.2. The summed E-state index contributed by atoms with van der Waals surface area (Å²) in [4.78, 5) is 23.7. The number of ether oxygens (including phenoxy) is 1. The molecule has 1 fully saturated rings. The summed E-state index contributed by atoms with van der Waals surface area (Å²) >= 11 is 0. The number of hydrogen-bond donors (Lipinski definition) is 1. The van der Waals surface area contributed by atoms with Gasteiger partial charge in [-0.1, -0.05) is 5.16 Å². The Morgan fingerprint density at radius 2 is 2.10 bits per heavy atom. The molecule has 0 spiro atoms. The molecule has 2 rings (SSSR count). The van der Waals surface area contributed by atoms with E-state index in [1.165, 1.54) is 0 Å². The zero-order chi connectivity index (χ0) is 14.9. The van der Waals surface area contributed by atoms with E-state index in [2.05, 4.69) is 10.5 Å². The van der Waals surface area contributed by atoms with E-state index in [1.807, 2.05) is 0 Å². The van der Waals surface area contributed by atoms with Crippen molar-refractivity contribution in [2.24, 2.45) is 0 Å². The summed E-state index contributed by atoms with van der Waals surface area (Å²) in [6.07, 6.45) is 2.15. The van der Waals surface area contributed by atoms with Gasteiger partial charge in [-0.3, -0.25) is 4.79 Å². The highest BCUT2D eigenvalue weighted by Crippen LogP contribution is 2.40. The molecular weight excluding hydrogens is 260 g/mol. The number of esters is 1. The molecule has 1 amide bonds. The van der Waals surface area contributed by atoms with Gasteiger partial charge in [0, 0.05) is 12.0 Å². The van der Waals surface area contributed by atoms with Gasteiger partial charge in [-0.15, -0.1) is 0 Å². The Balaban J connectivity index is 1.90. The van der Waals surface area contributed by atoms with Crippen LogP contribution in [0.1, 0.15) is 62.7 Å². The van der Waals surface area contributed by atoms with E-state index in [0.29, 0.717) is 5.92 Å². The Hall–Kier alpha value is -1.85. The van der Waals surface area contributed by atoms with Gasteiger partial charge in [0.15, 0.2) is 5.69 Å². The maximum atomic E-state index is 11.9. The van der Waals surface area contributed by atoms with Crippen molar-refractivity contribution in [2.45, 2.75) is 58.1 Å². The zero-order valence-corrected chi connectivity index (χ0v) is 12.2. The van der Waals surface area contributed by atoms with Crippen molar-refractivity contribution in [3.8, 4) is 0 Å². The average molecular weight is 280 g/mol. The Kier molecular flexibility index (Phi) is 3.83. The molecule has 20 heavy (non-hydrogen) atoms. The van der Waals surface area contributed by atoms with Gasteiger partial charge in [0.2, 0.25) is 0 Å². The highest BCUT2D eigenvalue weighted by Gasteiger charge is 2.30. The molecule has 0 aliphatic heterocycles. The van der Waals surface area contributed by atoms with Crippen molar-refractivity contribution < 1.29 is 18.8 Å². The number of aromatic nitrogens is 1. The van der Waals surface area contributed by atoms with E-state index in [4.69, 9.17) is 9.26 Å². The van der Waals surface area contributed by atoms with Crippen molar-refractivity contribution in [3.63, 3.8) is 0 Å². The predicted octanol–water partition coefficient (Wildman–Crippen LogP) is 2.01. The van der Waals surface area contributed by atoms with Gasteiger partial charge in [-0.2, -0.15) is 0 Å². The van der Waals surface area contributed by atoms with Crippen molar-refractivity contribution in [2.75, 3.05) is 0 Å². The van der Waals surface area contributed by atoms with Crippen LogP contribution in [-0.4, -0.2) is 28.7 Å². The lowest BCUT2D eigenvalue weighted by molar-refractivity contribution is -0.156. The maximum Gasteiger partial charge on any atom is 0.328 e. The van der Waals surface area contributed by atoms with Gasteiger partial charge in [0.25, 0.3) is 5.91 Å². The lowest BCUT2D eigenvalue weighted by atomic mass is 10.2. The van der Waals surface area contributed by atoms with Crippen LogP contribution in [0.4, 0.5) is 0 Å². The second-order valence-electron chi connectivity index (χ2n) is 6.12. The number of carbonyl (C=O) groups excluding carboxylic acids is 2. The fourth-order valence-corrected chi connectivity index (χ4v) is 1.68. The highest BCUT2D eigenvalue weighted by molar-refractivity contribution is 5.95. The third-order valence-corrected chi connectivity index (χ3v) is 2.85. The predicted molar refractivity (Wildman–Crippen MR) is 71.3 cm³/mol. The molecule has 1 saturated carbocycles. The molecule has 0 saturated heterocycles. The van der Waals surface area contributed by atoms with Crippen LogP contribution in [-0.2, 0) is 9.53 Å². The summed E-state index contributed by atoms with van der Waals surface area (Å²) in [5.74, 6) is 0.225. The molecule has 6 nitrogen and oxygen atoms in total. The molecule has 0 bridgehead atoms. The van der Waals surface area contributed by atoms with Gasteiger partial charge >= 0.3 is 5.97 Å². The van der Waals surface area contributed by atoms with E-state index in [-0.39, 0.29) is 5.69 Å². The van der Waals surface area contributed by atoms with E-state index in [1.54, 1.807) is 33.8 Å². The first-order chi connectivity index (χ1) is 9.26. The van der Waals surface area contributed by atoms with Gasteiger partial charge < -0.3 is 14.6 Å². The highest BCUT2D eigenvalue weighted by atomic mass is 16.6. The molecule has 1 atom stereocenters. The van der Waals surface area contributed by atoms with Crippen molar-refractivity contribution >= 4 is 11.9 Å². The van der Waals surface area contributed by atoms with Crippen LogP contribution >= 0.6 is 0 Å². The smallest absolute Gasteiger partial charge is 0.328 e. The van der Waals surface area contributed by atoms with Gasteiger partial charge in [-0.05, 0) is 40.5 Å². The van der Waals surface area contributed by atoms with Crippen LogP contribution in [0.3, 0.4) is 0 Å². The summed E-state index contributed by atoms with van der Waals surface area (Å²) in [5, 5.41) is 6.28. The molecule has 1 aromatic heterocycles. The minimum atomic E-state index is -0.734. The van der Waals surface area contributed by atoms with Crippen molar-refractivity contribution in [3.05, 3.63) is 17.5 Å². The molecule has 6 heteroatoms. The Bertz CT molecular complexity index is 511. The molecule has 0 radical (unpaired) electrons. The SMILES string of the molecule is C[C@H](NC(=O)c1cc(C2CC2)on1)C(=O)OC(C)(C)C. The molecular formula is C14H20N2O4. The van der Waals surface area contributed by atoms with E-state index >= 15 is 0 Å². The minimum Gasteiger partial charge on any atom is -0.458 e. The van der Waals surface area contributed by atoms with Crippen LogP contribution in [0.2, 0.25) is 0 Å². The number of amides is 1. The van der Waals surface area contributed by atoms with Crippen LogP contribution in [0.25, 0.3) is 0 Å². The lowest BCUT2D eigenvalue weighted by Crippen LogP contribution is -2.42. The molecule has 1 aromatic rings. The number of hydrogen-bond acceptors (Lipinski definition) is 5. The second-order valence-corrected chi connectivity index (χ2v) is 6.12. The molecule has 1 heterocycles. The quantitative estimate of drug-likeness (QED) is 0.853. The van der Waals surface area contributed by atoms with Gasteiger partial charge in [0.05, 0.1) is 0 Å². The van der Waals surface area contributed by atoms with E-state index < -0.39 is 23.5 Å². The third-order valence-electron chi connectivity index (χ3n) is 2.85. The summed E-state index contributed by atoms with van der Waals surface area (Å²) in [7, 11) is 0. The minimum absolute atomic E-state index is 0.197. The van der Waals surface area contributed by atoms with E-state index in [9.17, 15) is 9.59 Å². The normalized spacial score (nSPS) is 16.6. The Labute approximate surface area is 117 Å². The first-order valence-electron chi connectivity index (χ1n) is 6.76. The molecule has 0 aromatic carbocycles. The van der Waals surface area contributed by atoms with Gasteiger partial charge in [-0.25, -0.2) is 4.79 Å². The molecule has 1 aliphatic rings. The molecule has 110 valence electrons. The summed E-state index contributed by atoms with van der Waals surface area (Å²) in [6.45, 7) is 6.91. The fraction of sp³-hybridized carbons (Fsp3) is 0.643. The lowest BCUT2D eigenvalue weighted by Gasteiger charge is -2.22. The first-order valence-corrected chi connectivity index (χ1v) is 6.76. The van der Waals surface area contributed by atoms with Gasteiger partial charge in [0.1, 0.15) is 17.4 Å². The third kappa shape index (κ3) is 3.82. The van der Waals surface area contributed by atoms with E-state index in [0.717, 1.165) is 18.6 Å². The number of nitrogens with zero attached hydrogens (tertiary/aromatic N) is 1. The summed E-state index contributed by atoms with van der Waals surface area (Å²) < 4.78 is 10.3. The molecule has 1 aliphatic carbocycles. The summed E-state index contributed by atoms with van der Waals surface area (Å²) in [6, 6.07) is 0.900. The second kappa shape index (κ2) is 5.26. The molecule has 0 unspecified atom stereocenters. The largest absolute Gasteiger partial charge is 0.458 e. The monoisotopic (exact) mass is 280 g/mol.